The van der Waals surface area contributed by atoms with Crippen LogP contribution in [0.25, 0.3) is 15.2 Å². The highest BCUT2D eigenvalue weighted by Gasteiger charge is 2.18. The molecule has 2 heterocycles. The maximum atomic E-state index is 12.7. The van der Waals surface area contributed by atoms with E-state index in [4.69, 9.17) is 4.74 Å². The average molecular weight is 382 g/mol. The lowest BCUT2D eigenvalue weighted by molar-refractivity contribution is 0.0962. The Morgan fingerprint density at radius 2 is 2.30 bits per heavy atom. The van der Waals surface area contributed by atoms with Gasteiger partial charge in [0.15, 0.2) is 4.96 Å². The van der Waals surface area contributed by atoms with Gasteiger partial charge < -0.3 is 15.4 Å². The molecule has 2 N–H and O–H groups in total. The van der Waals surface area contributed by atoms with Crippen LogP contribution in [0.15, 0.2) is 47.8 Å². The third-order valence-corrected chi connectivity index (χ3v) is 5.86. The third kappa shape index (κ3) is 3.36. The first-order valence-electron chi connectivity index (χ1n) is 8.91. The second kappa shape index (κ2) is 7.17. The van der Waals surface area contributed by atoms with Crippen molar-refractivity contribution in [3.63, 3.8) is 0 Å². The summed E-state index contributed by atoms with van der Waals surface area (Å²) in [6, 6.07) is 5.88. The number of fused-ring (bicyclic) bond motifs is 3. The molecule has 0 spiro atoms. The molecule has 2 aromatic heterocycles. The number of rotatable bonds is 5. The molecule has 140 valence electrons. The highest BCUT2D eigenvalue weighted by molar-refractivity contribution is 7.23. The minimum Gasteiger partial charge on any atom is -0.497 e. The van der Waals surface area contributed by atoms with Gasteiger partial charge in [-0.25, -0.2) is 4.98 Å². The molecule has 0 saturated carbocycles. The molecular weight excluding hydrogens is 360 g/mol. The Morgan fingerprint density at radius 1 is 1.44 bits per heavy atom. The Balaban J connectivity index is 1.58. The number of benzene rings is 1. The maximum absolute atomic E-state index is 12.7. The van der Waals surface area contributed by atoms with Crippen molar-refractivity contribution in [2.75, 3.05) is 20.7 Å². The first-order chi connectivity index (χ1) is 13.1. The van der Waals surface area contributed by atoms with Crippen LogP contribution in [0, 0.1) is 5.92 Å². The summed E-state index contributed by atoms with van der Waals surface area (Å²) >= 11 is 1.54. The van der Waals surface area contributed by atoms with Crippen LogP contribution in [0.4, 0.5) is 0 Å². The Morgan fingerprint density at radius 3 is 3.07 bits per heavy atom. The monoisotopic (exact) mass is 382 g/mol. The smallest absolute Gasteiger partial charge is 0.275 e. The number of aromatic nitrogens is 2. The van der Waals surface area contributed by atoms with Gasteiger partial charge in [0.25, 0.3) is 5.91 Å². The van der Waals surface area contributed by atoms with E-state index in [2.05, 4.69) is 34.7 Å². The molecule has 0 aliphatic heterocycles. The Bertz CT molecular complexity index is 1080. The van der Waals surface area contributed by atoms with Crippen molar-refractivity contribution in [2.24, 2.45) is 5.92 Å². The van der Waals surface area contributed by atoms with E-state index >= 15 is 0 Å². The number of methoxy groups -OCH3 is 1. The lowest BCUT2D eigenvalue weighted by atomic mass is 9.92. The molecule has 1 atom stereocenters. The number of hydrogen-bond acceptors (Lipinski definition) is 5. The zero-order valence-corrected chi connectivity index (χ0v) is 16.4. The molecule has 1 amide bonds. The number of nitrogens with one attached hydrogen (secondary N) is 2. The molecule has 1 aliphatic rings. The predicted octanol–water partition coefficient (Wildman–Crippen LogP) is 3.36. The Kier molecular flexibility index (Phi) is 4.72. The van der Waals surface area contributed by atoms with Gasteiger partial charge in [-0.15, -0.1) is 0 Å². The van der Waals surface area contributed by atoms with E-state index in [1.54, 1.807) is 13.3 Å². The second-order valence-electron chi connectivity index (χ2n) is 6.71. The number of ether oxygens (including phenoxy) is 1. The van der Waals surface area contributed by atoms with Crippen molar-refractivity contribution in [3.05, 3.63) is 53.5 Å². The quantitative estimate of drug-likeness (QED) is 0.710. The van der Waals surface area contributed by atoms with Crippen LogP contribution in [0.3, 0.4) is 0 Å². The van der Waals surface area contributed by atoms with E-state index in [-0.39, 0.29) is 5.91 Å². The molecule has 0 bridgehead atoms. The molecule has 1 unspecified atom stereocenters. The fraction of sp³-hybridized carbons (Fsp3) is 0.300. The van der Waals surface area contributed by atoms with Crippen molar-refractivity contribution >= 4 is 32.4 Å². The maximum Gasteiger partial charge on any atom is 0.275 e. The zero-order chi connectivity index (χ0) is 19.0. The summed E-state index contributed by atoms with van der Waals surface area (Å²) in [4.78, 5) is 18.0. The molecule has 3 aromatic rings. The van der Waals surface area contributed by atoms with Gasteiger partial charge in [-0.1, -0.05) is 29.9 Å². The highest BCUT2D eigenvalue weighted by Crippen LogP contribution is 2.29. The number of carbonyl (C=O) groups excluding carboxylic acids is 1. The lowest BCUT2D eigenvalue weighted by Gasteiger charge is -2.20. The topological polar surface area (TPSA) is 67.7 Å². The summed E-state index contributed by atoms with van der Waals surface area (Å²) in [7, 11) is 3.58. The summed E-state index contributed by atoms with van der Waals surface area (Å²) in [5.74, 6) is 1.11. The van der Waals surface area contributed by atoms with Crippen LogP contribution in [0.5, 0.6) is 5.75 Å². The average Bonchev–Trinajstić information content (AvgIpc) is 3.22. The molecule has 0 fully saturated rings. The van der Waals surface area contributed by atoms with E-state index in [0.29, 0.717) is 11.6 Å². The number of amides is 1. The highest BCUT2D eigenvalue weighted by atomic mass is 32.1. The fourth-order valence-corrected chi connectivity index (χ4v) is 4.32. The summed E-state index contributed by atoms with van der Waals surface area (Å²) in [6.45, 7) is 3.02. The van der Waals surface area contributed by atoms with Gasteiger partial charge in [0, 0.05) is 18.4 Å². The van der Waals surface area contributed by atoms with Crippen molar-refractivity contribution < 1.29 is 9.53 Å². The van der Waals surface area contributed by atoms with Crippen LogP contribution < -0.4 is 15.4 Å². The third-order valence-electron chi connectivity index (χ3n) is 4.84. The molecule has 1 aromatic carbocycles. The Hall–Kier alpha value is -2.64. The van der Waals surface area contributed by atoms with Gasteiger partial charge >= 0.3 is 0 Å². The van der Waals surface area contributed by atoms with E-state index in [9.17, 15) is 4.79 Å². The first kappa shape index (κ1) is 17.8. The number of imidazole rings is 1. The zero-order valence-electron chi connectivity index (χ0n) is 15.6. The van der Waals surface area contributed by atoms with Gasteiger partial charge in [-0.3, -0.25) is 9.20 Å². The van der Waals surface area contributed by atoms with Gasteiger partial charge in [0.1, 0.15) is 11.4 Å². The van der Waals surface area contributed by atoms with Crippen molar-refractivity contribution in [1.82, 2.24) is 20.0 Å². The van der Waals surface area contributed by atoms with Crippen LogP contribution in [0.2, 0.25) is 0 Å². The molecular formula is C20H22N4O2S. The van der Waals surface area contributed by atoms with Crippen molar-refractivity contribution in [1.29, 1.82) is 0 Å². The predicted molar refractivity (Wildman–Crippen MR) is 108 cm³/mol. The molecule has 27 heavy (non-hydrogen) atoms. The number of allylic oxidation sites excluding steroid dienone is 2. The van der Waals surface area contributed by atoms with Crippen LogP contribution in [-0.2, 0) is 0 Å². The first-order valence-corrected chi connectivity index (χ1v) is 9.73. The minimum absolute atomic E-state index is 0.187. The number of hydrogen-bond donors (Lipinski definition) is 2. The van der Waals surface area contributed by atoms with E-state index in [1.807, 2.05) is 29.6 Å². The van der Waals surface area contributed by atoms with E-state index < -0.39 is 0 Å². The lowest BCUT2D eigenvalue weighted by Crippen LogP contribution is -2.26. The van der Waals surface area contributed by atoms with Gasteiger partial charge in [0.05, 0.1) is 17.3 Å². The second-order valence-corrected chi connectivity index (χ2v) is 7.72. The normalized spacial score (nSPS) is 17.1. The minimum atomic E-state index is -0.187. The van der Waals surface area contributed by atoms with Gasteiger partial charge in [0.2, 0.25) is 0 Å². The van der Waals surface area contributed by atoms with Crippen molar-refractivity contribution in [2.45, 2.75) is 13.3 Å². The number of likely N-dealkylation sites (N-methyl/N-ethyl adjacent to an activating group) is 1. The molecule has 0 saturated heterocycles. The summed E-state index contributed by atoms with van der Waals surface area (Å²) < 4.78 is 8.30. The number of thiazole rings is 1. The van der Waals surface area contributed by atoms with Gasteiger partial charge in [-0.2, -0.15) is 0 Å². The molecule has 4 rings (SSSR count). The van der Waals surface area contributed by atoms with Crippen LogP contribution >= 0.6 is 11.3 Å². The molecule has 7 heteroatoms. The summed E-state index contributed by atoms with van der Waals surface area (Å²) in [5, 5.41) is 6.17. The van der Waals surface area contributed by atoms with Crippen molar-refractivity contribution in [3.8, 4) is 5.75 Å². The SMILES string of the molecule is CNCC1=CC(NC(=O)c2cn3c(n2)sc2cc(OC)ccc23)=CCC1C. The van der Waals surface area contributed by atoms with Crippen LogP contribution in [-0.4, -0.2) is 36.0 Å². The van der Waals surface area contributed by atoms with Gasteiger partial charge in [-0.05, 0) is 43.7 Å². The van der Waals surface area contributed by atoms with Crippen LogP contribution in [0.1, 0.15) is 23.8 Å². The van der Waals surface area contributed by atoms with E-state index in [0.717, 1.165) is 39.6 Å². The van der Waals surface area contributed by atoms with E-state index in [1.165, 1.54) is 16.9 Å². The summed E-state index contributed by atoms with van der Waals surface area (Å²) in [6.07, 6.45) is 6.85. The molecule has 6 nitrogen and oxygen atoms in total. The number of carbonyl (C=O) groups is 1. The largest absolute Gasteiger partial charge is 0.497 e. The standard InChI is InChI=1S/C20H22N4O2S/c1-12-4-5-14(8-13(12)10-21-2)22-19(25)16-11-24-17-7-6-15(26-3)9-18(17)27-20(24)23-16/h5-9,11-12,21H,4,10H2,1-3H3,(H,22,25). The molecule has 1 aliphatic carbocycles. The molecule has 0 radical (unpaired) electrons. The fourth-order valence-electron chi connectivity index (χ4n) is 3.29. The number of nitrogens with zero attached hydrogens (tertiary/aromatic N) is 2. The summed E-state index contributed by atoms with van der Waals surface area (Å²) in [5.41, 5.74) is 3.57. The Labute approximate surface area is 161 Å².